The molecule has 3 rings (SSSR count). The molecule has 90 valence electrons. The van der Waals surface area contributed by atoms with E-state index in [1.807, 2.05) is 42.5 Å². The van der Waals surface area contributed by atoms with Crippen LogP contribution in [0.5, 0.6) is 11.5 Å². The van der Waals surface area contributed by atoms with Gasteiger partial charge >= 0.3 is 0 Å². The minimum Gasteiger partial charge on any atom is -0.454 e. The van der Waals surface area contributed by atoms with Crippen molar-refractivity contribution in [3.05, 3.63) is 66.5 Å². The molecule has 0 atom stereocenters. The number of pyridine rings is 1. The second-order valence-electron chi connectivity index (χ2n) is 4.06. The van der Waals surface area contributed by atoms with Crippen molar-refractivity contribution in [3.63, 3.8) is 0 Å². The Morgan fingerprint density at radius 1 is 0.947 bits per heavy atom. The van der Waals surface area contributed by atoms with Crippen molar-refractivity contribution < 1.29 is 4.74 Å². The molecule has 0 fully saturated rings. The fourth-order valence-corrected chi connectivity index (χ4v) is 1.96. The topological polar surface area (TPSA) is 45.9 Å². The lowest BCUT2D eigenvalue weighted by molar-refractivity contribution is 0.484. The summed E-state index contributed by atoms with van der Waals surface area (Å²) >= 11 is 0. The van der Waals surface area contributed by atoms with Gasteiger partial charge in [0.05, 0.1) is 11.8 Å². The molecule has 0 saturated carbocycles. The predicted molar refractivity (Wildman–Crippen MR) is 73.0 cm³/mol. The molecule has 0 spiro atoms. The zero-order valence-corrected chi connectivity index (χ0v) is 10.1. The maximum absolute atomic E-state index is 9.05. The average Bonchev–Trinajstić information content (AvgIpc) is 2.48. The second kappa shape index (κ2) is 4.79. The van der Waals surface area contributed by atoms with Crippen molar-refractivity contribution in [2.75, 3.05) is 0 Å². The van der Waals surface area contributed by atoms with Gasteiger partial charge in [0.15, 0.2) is 5.75 Å². The molecule has 0 aliphatic rings. The molecule has 3 nitrogen and oxygen atoms in total. The predicted octanol–water partition coefficient (Wildman–Crippen LogP) is 3.90. The molecular formula is C16H10N2O. The molecule has 0 aliphatic heterocycles. The van der Waals surface area contributed by atoms with Gasteiger partial charge in [0.1, 0.15) is 11.8 Å². The van der Waals surface area contributed by atoms with E-state index in [0.29, 0.717) is 11.3 Å². The van der Waals surface area contributed by atoms with Crippen molar-refractivity contribution in [1.82, 2.24) is 4.98 Å². The monoisotopic (exact) mass is 246 g/mol. The Kier molecular flexibility index (Phi) is 2.83. The molecule has 0 unspecified atom stereocenters. The van der Waals surface area contributed by atoms with E-state index < -0.39 is 0 Å². The summed E-state index contributed by atoms with van der Waals surface area (Å²) in [4.78, 5) is 3.99. The molecule has 1 heterocycles. The van der Waals surface area contributed by atoms with Gasteiger partial charge in [-0.05, 0) is 17.5 Å². The number of nitrogens with zero attached hydrogens (tertiary/aromatic N) is 2. The molecule has 0 N–H and O–H groups in total. The Hall–Kier alpha value is -2.86. The Bertz CT molecular complexity index is 770. The van der Waals surface area contributed by atoms with E-state index in [9.17, 15) is 0 Å². The molecule has 3 aromatic rings. The summed E-state index contributed by atoms with van der Waals surface area (Å²) in [6.45, 7) is 0. The lowest BCUT2D eigenvalue weighted by Crippen LogP contribution is -1.90. The van der Waals surface area contributed by atoms with Crippen LogP contribution in [0.4, 0.5) is 0 Å². The Labute approximate surface area is 110 Å². The van der Waals surface area contributed by atoms with Crippen LogP contribution in [0, 0.1) is 11.3 Å². The van der Waals surface area contributed by atoms with Gasteiger partial charge in [-0.15, -0.1) is 0 Å². The van der Waals surface area contributed by atoms with Crippen LogP contribution in [0.15, 0.2) is 60.9 Å². The third-order valence-corrected chi connectivity index (χ3v) is 2.87. The highest BCUT2D eigenvalue weighted by atomic mass is 16.5. The number of benzene rings is 2. The van der Waals surface area contributed by atoms with E-state index in [-0.39, 0.29) is 0 Å². The van der Waals surface area contributed by atoms with E-state index >= 15 is 0 Å². The molecule has 0 saturated heterocycles. The van der Waals surface area contributed by atoms with Crippen molar-refractivity contribution in [3.8, 4) is 17.6 Å². The molecule has 0 radical (unpaired) electrons. The highest BCUT2D eigenvalue weighted by Gasteiger charge is 2.06. The number of nitriles is 1. The Morgan fingerprint density at radius 2 is 1.79 bits per heavy atom. The number of aromatic nitrogens is 1. The molecule has 0 bridgehead atoms. The van der Waals surface area contributed by atoms with Gasteiger partial charge in [0.2, 0.25) is 0 Å². The van der Waals surface area contributed by atoms with Crippen LogP contribution in [0.25, 0.3) is 10.8 Å². The van der Waals surface area contributed by atoms with Crippen LogP contribution < -0.4 is 4.74 Å². The summed E-state index contributed by atoms with van der Waals surface area (Å²) in [6.07, 6.45) is 3.13. The standard InChI is InChI=1S/C16H10N2O/c17-10-13-8-9-18-11-16(13)19-15-7-3-5-12-4-1-2-6-14(12)15/h1-9,11H. The number of rotatable bonds is 2. The van der Waals surface area contributed by atoms with Gasteiger partial charge in [-0.3, -0.25) is 4.98 Å². The second-order valence-corrected chi connectivity index (χ2v) is 4.06. The fraction of sp³-hybridized carbons (Fsp3) is 0. The first-order chi connectivity index (χ1) is 9.38. The molecule has 0 amide bonds. The smallest absolute Gasteiger partial charge is 0.163 e. The quantitative estimate of drug-likeness (QED) is 0.688. The molecule has 1 aromatic heterocycles. The SMILES string of the molecule is N#Cc1ccncc1Oc1cccc2ccccc12. The third-order valence-electron chi connectivity index (χ3n) is 2.87. The van der Waals surface area contributed by atoms with Crippen LogP contribution in [-0.2, 0) is 0 Å². The first-order valence-electron chi connectivity index (χ1n) is 5.88. The molecule has 3 heteroatoms. The van der Waals surface area contributed by atoms with Gasteiger partial charge in [0, 0.05) is 11.6 Å². The molecule has 2 aromatic carbocycles. The Morgan fingerprint density at radius 3 is 2.68 bits per heavy atom. The third kappa shape index (κ3) is 2.12. The molecular weight excluding hydrogens is 236 g/mol. The summed E-state index contributed by atoms with van der Waals surface area (Å²) in [6, 6.07) is 17.5. The highest BCUT2D eigenvalue weighted by Crippen LogP contribution is 2.30. The highest BCUT2D eigenvalue weighted by molar-refractivity contribution is 5.88. The first-order valence-corrected chi connectivity index (χ1v) is 5.88. The Balaban J connectivity index is 2.09. The number of fused-ring (bicyclic) bond motifs is 1. The van der Waals surface area contributed by atoms with E-state index in [2.05, 4.69) is 11.1 Å². The van der Waals surface area contributed by atoms with Gasteiger partial charge in [-0.2, -0.15) is 5.26 Å². The van der Waals surface area contributed by atoms with Crippen molar-refractivity contribution in [1.29, 1.82) is 5.26 Å². The largest absolute Gasteiger partial charge is 0.454 e. The van der Waals surface area contributed by atoms with E-state index in [4.69, 9.17) is 10.00 Å². The summed E-state index contributed by atoms with van der Waals surface area (Å²) in [5, 5.41) is 11.2. The van der Waals surface area contributed by atoms with Crippen LogP contribution >= 0.6 is 0 Å². The number of hydrogen-bond acceptors (Lipinski definition) is 3. The van der Waals surface area contributed by atoms with E-state index in [1.165, 1.54) is 0 Å². The van der Waals surface area contributed by atoms with Crippen LogP contribution in [0.3, 0.4) is 0 Å². The zero-order chi connectivity index (χ0) is 13.1. The normalized spacial score (nSPS) is 10.1. The lowest BCUT2D eigenvalue weighted by atomic mass is 10.1. The lowest BCUT2D eigenvalue weighted by Gasteiger charge is -2.09. The fourth-order valence-electron chi connectivity index (χ4n) is 1.96. The minimum absolute atomic E-state index is 0.473. The van der Waals surface area contributed by atoms with Gasteiger partial charge in [-0.1, -0.05) is 36.4 Å². The summed E-state index contributed by atoms with van der Waals surface area (Å²) in [7, 11) is 0. The summed E-state index contributed by atoms with van der Waals surface area (Å²) in [5.74, 6) is 1.20. The minimum atomic E-state index is 0.473. The van der Waals surface area contributed by atoms with Crippen LogP contribution in [0.2, 0.25) is 0 Å². The van der Waals surface area contributed by atoms with Gasteiger partial charge in [-0.25, -0.2) is 0 Å². The van der Waals surface area contributed by atoms with Gasteiger partial charge in [0.25, 0.3) is 0 Å². The first kappa shape index (κ1) is 11.2. The van der Waals surface area contributed by atoms with Crippen molar-refractivity contribution >= 4 is 10.8 Å². The average molecular weight is 246 g/mol. The van der Waals surface area contributed by atoms with Crippen molar-refractivity contribution in [2.24, 2.45) is 0 Å². The maximum atomic E-state index is 9.05. The molecule has 19 heavy (non-hydrogen) atoms. The van der Waals surface area contributed by atoms with Crippen molar-refractivity contribution in [2.45, 2.75) is 0 Å². The summed E-state index contributed by atoms with van der Waals surface area (Å²) in [5.41, 5.74) is 0.475. The molecule has 0 aliphatic carbocycles. The van der Waals surface area contributed by atoms with E-state index in [0.717, 1.165) is 16.5 Å². The summed E-state index contributed by atoms with van der Waals surface area (Å²) < 4.78 is 5.83. The van der Waals surface area contributed by atoms with Gasteiger partial charge < -0.3 is 4.74 Å². The van der Waals surface area contributed by atoms with E-state index in [1.54, 1.807) is 18.5 Å². The zero-order valence-electron chi connectivity index (χ0n) is 10.1. The number of ether oxygens (including phenoxy) is 1. The maximum Gasteiger partial charge on any atom is 0.163 e. The van der Waals surface area contributed by atoms with Crippen LogP contribution in [0.1, 0.15) is 5.56 Å². The number of hydrogen-bond donors (Lipinski definition) is 0. The van der Waals surface area contributed by atoms with Crippen LogP contribution in [-0.4, -0.2) is 4.98 Å².